The highest BCUT2D eigenvalue weighted by Crippen LogP contribution is 2.29. The summed E-state index contributed by atoms with van der Waals surface area (Å²) < 4.78 is 46.0. The Kier molecular flexibility index (Phi) is 3.94. The fourth-order valence-corrected chi connectivity index (χ4v) is 1.62. The molecule has 0 aliphatic carbocycles. The summed E-state index contributed by atoms with van der Waals surface area (Å²) in [6, 6.07) is 12.3. The first-order valence-corrected chi connectivity index (χ1v) is 5.79. The summed E-state index contributed by atoms with van der Waals surface area (Å²) >= 11 is 0. The summed E-state index contributed by atoms with van der Waals surface area (Å²) in [5.41, 5.74) is -0.0984. The van der Waals surface area contributed by atoms with Crippen molar-refractivity contribution in [1.82, 2.24) is 0 Å². The molecule has 0 unspecified atom stereocenters. The third kappa shape index (κ3) is 3.09. The molecule has 2 nitrogen and oxygen atoms in total. The maximum Gasteiger partial charge on any atom is 0.306 e. The van der Waals surface area contributed by atoms with E-state index in [1.165, 1.54) is 30.3 Å². The molecule has 0 aliphatic rings. The van der Waals surface area contributed by atoms with Gasteiger partial charge in [0, 0.05) is 5.56 Å². The van der Waals surface area contributed by atoms with E-state index in [0.29, 0.717) is 0 Å². The van der Waals surface area contributed by atoms with Crippen molar-refractivity contribution < 1.29 is 17.9 Å². The second kappa shape index (κ2) is 5.66. The van der Waals surface area contributed by atoms with Crippen LogP contribution in [0.1, 0.15) is 11.1 Å². The molecular formula is C15H10F3NO. The van der Waals surface area contributed by atoms with Crippen molar-refractivity contribution in [3.63, 3.8) is 0 Å². The van der Waals surface area contributed by atoms with Crippen LogP contribution in [0.25, 0.3) is 0 Å². The molecule has 0 fully saturated rings. The molecule has 5 heteroatoms. The van der Waals surface area contributed by atoms with E-state index in [1.54, 1.807) is 12.1 Å². The van der Waals surface area contributed by atoms with Gasteiger partial charge in [0.15, 0.2) is 18.2 Å². The molecule has 0 N–H and O–H groups in total. The smallest absolute Gasteiger partial charge is 0.306 e. The third-order valence-corrected chi connectivity index (χ3v) is 2.67. The van der Waals surface area contributed by atoms with Crippen molar-refractivity contribution in [2.75, 3.05) is 6.61 Å². The highest BCUT2D eigenvalue weighted by Gasteiger charge is 2.32. The van der Waals surface area contributed by atoms with Crippen LogP contribution >= 0.6 is 0 Å². The predicted molar refractivity (Wildman–Crippen MR) is 66.9 cm³/mol. The molecule has 0 spiro atoms. The summed E-state index contributed by atoms with van der Waals surface area (Å²) in [5, 5.41) is 8.58. The lowest BCUT2D eigenvalue weighted by atomic mass is 10.1. The van der Waals surface area contributed by atoms with Crippen LogP contribution in [0, 0.1) is 17.1 Å². The zero-order valence-corrected chi connectivity index (χ0v) is 10.3. The SMILES string of the molecule is N#Cc1ccc(OCC(F)(F)c2ccccc2)c(F)c1. The van der Waals surface area contributed by atoms with Gasteiger partial charge in [-0.25, -0.2) is 4.39 Å². The van der Waals surface area contributed by atoms with Gasteiger partial charge in [-0.15, -0.1) is 0 Å². The number of nitrogens with zero attached hydrogens (tertiary/aromatic N) is 1. The lowest BCUT2D eigenvalue weighted by Crippen LogP contribution is -2.23. The molecule has 0 aliphatic heterocycles. The molecule has 2 rings (SSSR count). The van der Waals surface area contributed by atoms with Crippen molar-refractivity contribution in [3.8, 4) is 11.8 Å². The number of nitriles is 1. The van der Waals surface area contributed by atoms with E-state index in [0.717, 1.165) is 12.1 Å². The van der Waals surface area contributed by atoms with E-state index in [9.17, 15) is 13.2 Å². The number of alkyl halides is 2. The summed E-state index contributed by atoms with van der Waals surface area (Å²) in [6.45, 7) is -0.972. The van der Waals surface area contributed by atoms with Crippen LogP contribution in [-0.4, -0.2) is 6.61 Å². The van der Waals surface area contributed by atoms with E-state index in [-0.39, 0.29) is 16.9 Å². The van der Waals surface area contributed by atoms with Crippen molar-refractivity contribution in [2.24, 2.45) is 0 Å². The van der Waals surface area contributed by atoms with Gasteiger partial charge in [-0.1, -0.05) is 30.3 Å². The average Bonchev–Trinajstić information content (AvgIpc) is 2.47. The van der Waals surface area contributed by atoms with Crippen molar-refractivity contribution >= 4 is 0 Å². The number of hydrogen-bond donors (Lipinski definition) is 0. The largest absolute Gasteiger partial charge is 0.484 e. The van der Waals surface area contributed by atoms with Crippen molar-refractivity contribution in [1.29, 1.82) is 5.26 Å². The highest BCUT2D eigenvalue weighted by atomic mass is 19.3. The Morgan fingerprint density at radius 2 is 1.80 bits per heavy atom. The van der Waals surface area contributed by atoms with Crippen LogP contribution in [-0.2, 0) is 5.92 Å². The normalized spacial score (nSPS) is 10.9. The standard InChI is InChI=1S/C15H10F3NO/c16-13-8-11(9-19)6-7-14(13)20-10-15(17,18)12-4-2-1-3-5-12/h1-8H,10H2. The minimum Gasteiger partial charge on any atom is -0.484 e. The Morgan fingerprint density at radius 3 is 2.40 bits per heavy atom. The second-order valence-electron chi connectivity index (χ2n) is 4.12. The monoisotopic (exact) mass is 277 g/mol. The minimum atomic E-state index is -3.22. The van der Waals surface area contributed by atoms with Gasteiger partial charge in [0.05, 0.1) is 11.6 Å². The van der Waals surface area contributed by atoms with Gasteiger partial charge in [-0.05, 0) is 18.2 Å². The Labute approximate surface area is 114 Å². The van der Waals surface area contributed by atoms with Gasteiger partial charge >= 0.3 is 5.92 Å². The van der Waals surface area contributed by atoms with Gasteiger partial charge in [0.2, 0.25) is 0 Å². The number of ether oxygens (including phenoxy) is 1. The summed E-state index contributed by atoms with van der Waals surface area (Å²) in [7, 11) is 0. The van der Waals surface area contributed by atoms with Crippen molar-refractivity contribution in [2.45, 2.75) is 5.92 Å². The Morgan fingerprint density at radius 1 is 1.10 bits per heavy atom. The molecule has 20 heavy (non-hydrogen) atoms. The first-order chi connectivity index (χ1) is 9.53. The first kappa shape index (κ1) is 13.9. The molecule has 102 valence electrons. The fraction of sp³-hybridized carbons (Fsp3) is 0.133. The van der Waals surface area contributed by atoms with E-state index < -0.39 is 18.3 Å². The maximum absolute atomic E-state index is 13.8. The number of hydrogen-bond acceptors (Lipinski definition) is 2. The van der Waals surface area contributed by atoms with Gasteiger partial charge in [0.25, 0.3) is 0 Å². The van der Waals surface area contributed by atoms with Crippen molar-refractivity contribution in [3.05, 3.63) is 65.5 Å². The van der Waals surface area contributed by atoms with Gasteiger partial charge in [0.1, 0.15) is 0 Å². The third-order valence-electron chi connectivity index (χ3n) is 2.67. The quantitative estimate of drug-likeness (QED) is 0.850. The number of halogens is 3. The minimum absolute atomic E-state index is 0.102. The summed E-state index contributed by atoms with van der Waals surface area (Å²) in [5.74, 6) is -4.37. The molecular weight excluding hydrogens is 267 g/mol. The van der Waals surface area contributed by atoms with Crippen LogP contribution in [0.15, 0.2) is 48.5 Å². The highest BCUT2D eigenvalue weighted by molar-refractivity contribution is 5.36. The summed E-state index contributed by atoms with van der Waals surface area (Å²) in [6.07, 6.45) is 0. The van der Waals surface area contributed by atoms with Crippen LogP contribution in [0.2, 0.25) is 0 Å². The predicted octanol–water partition coefficient (Wildman–Crippen LogP) is 3.87. The van der Waals surface area contributed by atoms with Gasteiger partial charge in [-0.3, -0.25) is 0 Å². The second-order valence-corrected chi connectivity index (χ2v) is 4.12. The number of rotatable bonds is 4. The zero-order chi connectivity index (χ0) is 14.6. The van der Waals surface area contributed by atoms with E-state index in [2.05, 4.69) is 0 Å². The number of benzene rings is 2. The van der Waals surface area contributed by atoms with Crippen LogP contribution in [0.3, 0.4) is 0 Å². The molecule has 0 saturated carbocycles. The lowest BCUT2D eigenvalue weighted by Gasteiger charge is -2.17. The molecule has 0 atom stereocenters. The average molecular weight is 277 g/mol. The molecule has 0 aromatic heterocycles. The van der Waals surface area contributed by atoms with Crippen LogP contribution in [0.4, 0.5) is 13.2 Å². The first-order valence-electron chi connectivity index (χ1n) is 5.79. The molecule has 2 aromatic rings. The summed E-state index contributed by atoms with van der Waals surface area (Å²) in [4.78, 5) is 0. The Hall–Kier alpha value is -2.48. The van der Waals surface area contributed by atoms with E-state index in [1.807, 2.05) is 0 Å². The molecule has 0 heterocycles. The molecule has 0 saturated heterocycles. The molecule has 2 aromatic carbocycles. The van der Waals surface area contributed by atoms with E-state index >= 15 is 0 Å². The molecule has 0 amide bonds. The Balaban J connectivity index is 2.11. The van der Waals surface area contributed by atoms with Crippen LogP contribution in [0.5, 0.6) is 5.75 Å². The Bertz CT molecular complexity index is 635. The lowest BCUT2D eigenvalue weighted by molar-refractivity contribution is -0.0475. The zero-order valence-electron chi connectivity index (χ0n) is 10.3. The maximum atomic E-state index is 13.8. The van der Waals surface area contributed by atoms with Gasteiger partial charge in [-0.2, -0.15) is 14.0 Å². The molecule has 0 radical (unpaired) electrons. The van der Waals surface area contributed by atoms with E-state index in [4.69, 9.17) is 10.00 Å². The molecule has 0 bridgehead atoms. The van der Waals surface area contributed by atoms with Crippen LogP contribution < -0.4 is 4.74 Å². The van der Waals surface area contributed by atoms with Gasteiger partial charge < -0.3 is 4.74 Å². The topological polar surface area (TPSA) is 33.0 Å². The fourth-order valence-electron chi connectivity index (χ4n) is 1.62.